The fourth-order valence-corrected chi connectivity index (χ4v) is 9.75. The third-order valence-electron chi connectivity index (χ3n) is 12.0. The molecular formula is C29H42O10. The van der Waals surface area contributed by atoms with Crippen molar-refractivity contribution in [2.75, 3.05) is 6.61 Å². The monoisotopic (exact) mass is 550 g/mol. The van der Waals surface area contributed by atoms with E-state index in [0.717, 1.165) is 18.3 Å². The molecule has 2 heterocycles. The first-order valence-electron chi connectivity index (χ1n) is 14.5. The van der Waals surface area contributed by atoms with Gasteiger partial charge in [0.15, 0.2) is 6.29 Å². The quantitative estimate of drug-likeness (QED) is 0.192. The van der Waals surface area contributed by atoms with Crippen LogP contribution in [0.2, 0.25) is 0 Å². The normalized spacial score (nSPS) is 55.2. The Balaban J connectivity index is 1.22. The Morgan fingerprint density at radius 3 is 2.41 bits per heavy atom. The number of esters is 1. The predicted octanol–water partition coefficient (Wildman–Crippen LogP) is 0.750. The molecule has 6 rings (SSSR count). The van der Waals surface area contributed by atoms with Crippen molar-refractivity contribution in [1.82, 2.24) is 0 Å². The summed E-state index contributed by atoms with van der Waals surface area (Å²) >= 11 is 0. The van der Waals surface area contributed by atoms with Gasteiger partial charge in [-0.3, -0.25) is 0 Å². The molecule has 5 N–H and O–H groups in total. The van der Waals surface area contributed by atoms with E-state index < -0.39 is 58.8 Å². The molecule has 10 heteroatoms. The summed E-state index contributed by atoms with van der Waals surface area (Å²) in [5.74, 6) is -0.616. The van der Waals surface area contributed by atoms with Gasteiger partial charge in [0.05, 0.1) is 28.8 Å². The maximum atomic E-state index is 13.0. The van der Waals surface area contributed by atoms with E-state index in [9.17, 15) is 35.1 Å². The lowest BCUT2D eigenvalue weighted by Crippen LogP contribution is -2.69. The summed E-state index contributed by atoms with van der Waals surface area (Å²) < 4.78 is 16.9. The van der Waals surface area contributed by atoms with Crippen molar-refractivity contribution in [2.45, 2.75) is 120 Å². The standard InChI is InChI=1S/C29H42O10/c1-15-22(32)23(33)24(34)25(38-15)39-17-3-8-27(14-30)19-4-7-26(2)18(16-11-21(31)37-13-16)6-10-29(26,36)20(19)5-9-28(27,35)12-17/h11,14-15,17-20,22-25,32-36H,3-10,12-13H2,1-2H3/t15-,17+,18-,19?,20?,22+,23+,24-,25+,26-,27+,28+,29+/m1/s1. The van der Waals surface area contributed by atoms with Crippen LogP contribution in [-0.4, -0.2) is 92.4 Å². The highest BCUT2D eigenvalue weighted by molar-refractivity contribution is 5.85. The summed E-state index contributed by atoms with van der Waals surface area (Å²) in [6.45, 7) is 3.98. The van der Waals surface area contributed by atoms with Crippen LogP contribution in [0.15, 0.2) is 11.6 Å². The van der Waals surface area contributed by atoms with Crippen molar-refractivity contribution in [2.24, 2.45) is 28.6 Å². The lowest BCUT2D eigenvalue weighted by molar-refractivity contribution is -0.317. The van der Waals surface area contributed by atoms with Gasteiger partial charge in [-0.1, -0.05) is 6.92 Å². The van der Waals surface area contributed by atoms with Gasteiger partial charge in [-0.25, -0.2) is 4.79 Å². The van der Waals surface area contributed by atoms with Gasteiger partial charge < -0.3 is 44.5 Å². The first-order chi connectivity index (χ1) is 18.4. The first-order valence-corrected chi connectivity index (χ1v) is 14.5. The number of carbonyl (C=O) groups excluding carboxylic acids is 2. The Bertz CT molecular complexity index is 1050. The zero-order valence-corrected chi connectivity index (χ0v) is 22.7. The lowest BCUT2D eigenvalue weighted by atomic mass is 9.41. The van der Waals surface area contributed by atoms with Crippen molar-refractivity contribution in [3.63, 3.8) is 0 Å². The highest BCUT2D eigenvalue weighted by Crippen LogP contribution is 2.70. The molecule has 0 spiro atoms. The summed E-state index contributed by atoms with van der Waals surface area (Å²) in [6, 6.07) is 0. The fraction of sp³-hybridized carbons (Fsp3) is 0.862. The van der Waals surface area contributed by atoms with Crippen LogP contribution in [0.1, 0.15) is 71.6 Å². The molecule has 2 unspecified atom stereocenters. The Labute approximate surface area is 228 Å². The topological polar surface area (TPSA) is 163 Å². The van der Waals surface area contributed by atoms with Gasteiger partial charge in [0.2, 0.25) is 0 Å². The van der Waals surface area contributed by atoms with E-state index in [0.29, 0.717) is 44.9 Å². The molecular weight excluding hydrogens is 508 g/mol. The second-order valence-corrected chi connectivity index (χ2v) is 13.4. The molecule has 4 saturated carbocycles. The molecule has 0 radical (unpaired) electrons. The van der Waals surface area contributed by atoms with Crippen molar-refractivity contribution in [1.29, 1.82) is 0 Å². The fourth-order valence-electron chi connectivity index (χ4n) is 9.75. The van der Waals surface area contributed by atoms with Gasteiger partial charge >= 0.3 is 5.97 Å². The predicted molar refractivity (Wildman–Crippen MR) is 135 cm³/mol. The Morgan fingerprint density at radius 2 is 1.72 bits per heavy atom. The molecule has 218 valence electrons. The van der Waals surface area contributed by atoms with E-state index in [1.807, 2.05) is 0 Å². The molecule has 0 bridgehead atoms. The van der Waals surface area contributed by atoms with Crippen molar-refractivity contribution >= 4 is 12.3 Å². The summed E-state index contributed by atoms with van der Waals surface area (Å²) in [4.78, 5) is 24.8. The minimum atomic E-state index is -1.43. The zero-order chi connectivity index (χ0) is 28.0. The van der Waals surface area contributed by atoms with Crippen LogP contribution in [0.5, 0.6) is 0 Å². The number of carbonyl (C=O) groups is 2. The molecule has 6 aliphatic rings. The van der Waals surface area contributed by atoms with Crippen LogP contribution in [0, 0.1) is 28.6 Å². The number of fused-ring (bicyclic) bond motifs is 5. The van der Waals surface area contributed by atoms with E-state index in [1.165, 1.54) is 0 Å². The van der Waals surface area contributed by atoms with Crippen LogP contribution in [0.4, 0.5) is 0 Å². The molecule has 5 fully saturated rings. The molecule has 39 heavy (non-hydrogen) atoms. The molecule has 0 aromatic heterocycles. The summed E-state index contributed by atoms with van der Waals surface area (Å²) in [6.07, 6.45) is 0.689. The van der Waals surface area contributed by atoms with E-state index in [2.05, 4.69) is 6.92 Å². The van der Waals surface area contributed by atoms with Gasteiger partial charge in [-0.2, -0.15) is 0 Å². The number of ether oxygens (including phenoxy) is 3. The van der Waals surface area contributed by atoms with Gasteiger partial charge in [0.1, 0.15) is 31.2 Å². The molecule has 0 amide bonds. The first kappa shape index (κ1) is 27.8. The number of hydrogen-bond acceptors (Lipinski definition) is 10. The zero-order valence-electron chi connectivity index (χ0n) is 22.7. The molecule has 2 aliphatic heterocycles. The number of rotatable bonds is 4. The molecule has 13 atom stereocenters. The highest BCUT2D eigenvalue weighted by atomic mass is 16.7. The third kappa shape index (κ3) is 3.78. The maximum Gasteiger partial charge on any atom is 0.331 e. The summed E-state index contributed by atoms with van der Waals surface area (Å²) in [5, 5.41) is 55.0. The molecule has 0 aromatic rings. The van der Waals surface area contributed by atoms with Crippen LogP contribution in [0.25, 0.3) is 0 Å². The highest BCUT2D eigenvalue weighted by Gasteiger charge is 2.71. The lowest BCUT2D eigenvalue weighted by Gasteiger charge is -2.65. The largest absolute Gasteiger partial charge is 0.458 e. The van der Waals surface area contributed by atoms with Crippen LogP contribution in [0.3, 0.4) is 0 Å². The van der Waals surface area contributed by atoms with Crippen LogP contribution in [-0.2, 0) is 23.8 Å². The van der Waals surface area contributed by atoms with E-state index in [1.54, 1.807) is 13.0 Å². The molecule has 10 nitrogen and oxygen atoms in total. The SMILES string of the molecule is C[C@H]1O[C@@H](O[C@H]2CC[C@]3(C=O)C4CC[C@]5(C)[C@@H](C6=CC(=O)OC6)CC[C@]5(O)C4CC[C@]3(O)C2)[C@H](O)[C@@H](O)[C@H]1O. The number of hydrogen-bond donors (Lipinski definition) is 5. The van der Waals surface area contributed by atoms with Gasteiger partial charge in [0.25, 0.3) is 0 Å². The van der Waals surface area contributed by atoms with Gasteiger partial charge in [-0.15, -0.1) is 0 Å². The molecule has 4 aliphatic carbocycles. The Kier molecular flexibility index (Phi) is 6.62. The Hall–Kier alpha value is -1.40. The smallest absolute Gasteiger partial charge is 0.331 e. The van der Waals surface area contributed by atoms with Crippen molar-refractivity contribution < 1.29 is 49.3 Å². The number of aliphatic hydroxyl groups is 5. The average molecular weight is 551 g/mol. The van der Waals surface area contributed by atoms with E-state index >= 15 is 0 Å². The van der Waals surface area contributed by atoms with Gasteiger partial charge in [-0.05, 0) is 81.6 Å². The number of cyclic esters (lactones) is 1. The number of aldehydes is 1. The van der Waals surface area contributed by atoms with Crippen molar-refractivity contribution in [3.8, 4) is 0 Å². The summed E-state index contributed by atoms with van der Waals surface area (Å²) in [7, 11) is 0. The maximum absolute atomic E-state index is 13.0. The van der Waals surface area contributed by atoms with E-state index in [4.69, 9.17) is 14.2 Å². The minimum Gasteiger partial charge on any atom is -0.458 e. The second-order valence-electron chi connectivity index (χ2n) is 13.4. The Morgan fingerprint density at radius 1 is 0.974 bits per heavy atom. The van der Waals surface area contributed by atoms with Crippen LogP contribution >= 0.6 is 0 Å². The van der Waals surface area contributed by atoms with Crippen molar-refractivity contribution in [3.05, 3.63) is 11.6 Å². The van der Waals surface area contributed by atoms with Crippen LogP contribution < -0.4 is 0 Å². The molecule has 1 saturated heterocycles. The minimum absolute atomic E-state index is 0.0465. The second kappa shape index (κ2) is 9.31. The van der Waals surface area contributed by atoms with E-state index in [-0.39, 0.29) is 36.8 Å². The average Bonchev–Trinajstić information content (AvgIpc) is 3.45. The van der Waals surface area contributed by atoms with Gasteiger partial charge in [0, 0.05) is 17.9 Å². The third-order valence-corrected chi connectivity index (χ3v) is 12.0. The summed E-state index contributed by atoms with van der Waals surface area (Å²) in [5.41, 5.74) is -2.86. The number of aliphatic hydroxyl groups excluding tert-OH is 3. The molecule has 0 aromatic carbocycles.